The van der Waals surface area contributed by atoms with Gasteiger partial charge < -0.3 is 4.74 Å². The van der Waals surface area contributed by atoms with Crippen molar-refractivity contribution in [3.63, 3.8) is 0 Å². The summed E-state index contributed by atoms with van der Waals surface area (Å²) in [4.78, 5) is 11.0. The second kappa shape index (κ2) is 7.65. The monoisotopic (exact) mass is 280 g/mol. The fourth-order valence-corrected chi connectivity index (χ4v) is 1.62. The van der Waals surface area contributed by atoms with Gasteiger partial charge in [-0.05, 0) is 29.3 Å². The van der Waals surface area contributed by atoms with Gasteiger partial charge in [-0.2, -0.15) is 5.10 Å². The highest BCUT2D eigenvalue weighted by molar-refractivity contribution is 5.87. The number of nitrogens with zero attached hydrogens (tertiary/aromatic N) is 1. The van der Waals surface area contributed by atoms with Gasteiger partial charge >= 0.3 is 5.97 Å². The maximum Gasteiger partial charge on any atom is 0.330 e. The molecule has 0 radical (unpaired) electrons. The van der Waals surface area contributed by atoms with Crippen LogP contribution in [0.4, 0.5) is 5.69 Å². The van der Waals surface area contributed by atoms with E-state index in [0.29, 0.717) is 0 Å². The van der Waals surface area contributed by atoms with Gasteiger partial charge in [-0.3, -0.25) is 5.43 Å². The van der Waals surface area contributed by atoms with Crippen molar-refractivity contribution in [1.29, 1.82) is 0 Å². The molecule has 0 bridgehead atoms. The summed E-state index contributed by atoms with van der Waals surface area (Å²) in [5, 5.41) is 4.16. The molecule has 21 heavy (non-hydrogen) atoms. The van der Waals surface area contributed by atoms with Crippen LogP contribution in [-0.4, -0.2) is 19.3 Å². The summed E-state index contributed by atoms with van der Waals surface area (Å²) < 4.78 is 4.54. The molecule has 4 heteroatoms. The van der Waals surface area contributed by atoms with Crippen LogP contribution >= 0.6 is 0 Å². The lowest BCUT2D eigenvalue weighted by Crippen LogP contribution is -1.93. The molecule has 2 aromatic carbocycles. The molecule has 0 amide bonds. The van der Waals surface area contributed by atoms with E-state index in [1.165, 1.54) is 13.2 Å². The van der Waals surface area contributed by atoms with E-state index in [0.717, 1.165) is 16.8 Å². The van der Waals surface area contributed by atoms with E-state index >= 15 is 0 Å². The molecule has 0 heterocycles. The van der Waals surface area contributed by atoms with Crippen LogP contribution in [0.15, 0.2) is 65.8 Å². The highest BCUT2D eigenvalue weighted by Gasteiger charge is 1.93. The Labute approximate surface area is 123 Å². The number of rotatable bonds is 5. The normalized spacial score (nSPS) is 10.9. The van der Waals surface area contributed by atoms with Gasteiger partial charge in [0, 0.05) is 6.08 Å². The Balaban J connectivity index is 1.93. The third-order valence-electron chi connectivity index (χ3n) is 2.73. The van der Waals surface area contributed by atoms with Crippen molar-refractivity contribution >= 4 is 23.9 Å². The molecule has 0 unspecified atom stereocenters. The summed E-state index contributed by atoms with van der Waals surface area (Å²) in [6, 6.07) is 17.4. The molecule has 2 rings (SSSR count). The molecule has 0 spiro atoms. The maximum absolute atomic E-state index is 11.0. The molecule has 0 aliphatic rings. The summed E-state index contributed by atoms with van der Waals surface area (Å²) in [5.74, 6) is -0.368. The van der Waals surface area contributed by atoms with Crippen molar-refractivity contribution in [2.24, 2.45) is 5.10 Å². The van der Waals surface area contributed by atoms with Gasteiger partial charge in [-0.25, -0.2) is 4.79 Å². The lowest BCUT2D eigenvalue weighted by Gasteiger charge is -1.99. The minimum atomic E-state index is -0.368. The average Bonchev–Trinajstić information content (AvgIpc) is 2.55. The number of hydrogen-bond acceptors (Lipinski definition) is 4. The Morgan fingerprint density at radius 1 is 1.05 bits per heavy atom. The molecule has 0 fully saturated rings. The van der Waals surface area contributed by atoms with Crippen molar-refractivity contribution < 1.29 is 9.53 Å². The summed E-state index contributed by atoms with van der Waals surface area (Å²) in [5.41, 5.74) is 5.78. The van der Waals surface area contributed by atoms with E-state index in [2.05, 4.69) is 15.3 Å². The van der Waals surface area contributed by atoms with Crippen molar-refractivity contribution in [2.45, 2.75) is 0 Å². The van der Waals surface area contributed by atoms with Gasteiger partial charge in [0.1, 0.15) is 0 Å². The summed E-state index contributed by atoms with van der Waals surface area (Å²) >= 11 is 0. The third-order valence-corrected chi connectivity index (χ3v) is 2.73. The standard InChI is InChI=1S/C17H16N2O2/c1-21-17(20)12-11-14-7-9-15(10-8-14)13-18-19-16-5-3-2-4-6-16/h2-13,19H,1H3. The number of benzene rings is 2. The Bertz CT molecular complexity index is 632. The van der Waals surface area contributed by atoms with E-state index in [1.807, 2.05) is 54.6 Å². The van der Waals surface area contributed by atoms with E-state index in [4.69, 9.17) is 0 Å². The number of hydrogen-bond donors (Lipinski definition) is 1. The predicted octanol–water partition coefficient (Wildman–Crippen LogP) is 3.32. The Morgan fingerprint density at radius 3 is 2.38 bits per heavy atom. The van der Waals surface area contributed by atoms with Gasteiger partial charge in [0.15, 0.2) is 0 Å². The topological polar surface area (TPSA) is 50.7 Å². The lowest BCUT2D eigenvalue weighted by molar-refractivity contribution is -0.134. The first-order valence-corrected chi connectivity index (χ1v) is 6.48. The van der Waals surface area contributed by atoms with Crippen molar-refractivity contribution in [1.82, 2.24) is 0 Å². The van der Waals surface area contributed by atoms with Crippen LogP contribution in [0.2, 0.25) is 0 Å². The number of anilines is 1. The van der Waals surface area contributed by atoms with Crippen LogP contribution in [0.3, 0.4) is 0 Å². The summed E-state index contributed by atoms with van der Waals surface area (Å²) in [6.07, 6.45) is 4.83. The zero-order valence-corrected chi connectivity index (χ0v) is 11.7. The molecule has 0 aliphatic carbocycles. The van der Waals surface area contributed by atoms with E-state index in [9.17, 15) is 4.79 Å². The summed E-state index contributed by atoms with van der Waals surface area (Å²) in [7, 11) is 1.35. The van der Waals surface area contributed by atoms with Crippen LogP contribution in [0.1, 0.15) is 11.1 Å². The molecule has 1 N–H and O–H groups in total. The first-order chi connectivity index (χ1) is 10.3. The Morgan fingerprint density at radius 2 is 1.71 bits per heavy atom. The highest BCUT2D eigenvalue weighted by Crippen LogP contribution is 2.06. The van der Waals surface area contributed by atoms with Gasteiger partial charge in [-0.15, -0.1) is 0 Å². The molecule has 0 saturated carbocycles. The number of nitrogens with one attached hydrogen (secondary N) is 1. The first kappa shape index (κ1) is 14.5. The zero-order valence-electron chi connectivity index (χ0n) is 11.7. The minimum Gasteiger partial charge on any atom is -0.466 e. The second-order valence-corrected chi connectivity index (χ2v) is 4.26. The third kappa shape index (κ3) is 4.95. The SMILES string of the molecule is COC(=O)C=Cc1ccc(C=NNc2ccccc2)cc1. The van der Waals surface area contributed by atoms with E-state index in [-0.39, 0.29) is 5.97 Å². The first-order valence-electron chi connectivity index (χ1n) is 6.48. The van der Waals surface area contributed by atoms with Gasteiger partial charge in [0.05, 0.1) is 19.0 Å². The number of esters is 1. The summed E-state index contributed by atoms with van der Waals surface area (Å²) in [6.45, 7) is 0. The molecule has 0 aromatic heterocycles. The number of para-hydroxylation sites is 1. The van der Waals surface area contributed by atoms with E-state index < -0.39 is 0 Å². The number of carbonyl (C=O) groups excluding carboxylic acids is 1. The average molecular weight is 280 g/mol. The molecule has 0 saturated heterocycles. The predicted molar refractivity (Wildman–Crippen MR) is 85.2 cm³/mol. The molecular formula is C17H16N2O2. The van der Waals surface area contributed by atoms with Crippen molar-refractivity contribution in [2.75, 3.05) is 12.5 Å². The number of methoxy groups -OCH3 is 1. The van der Waals surface area contributed by atoms with Crippen LogP contribution in [0, 0.1) is 0 Å². The second-order valence-electron chi connectivity index (χ2n) is 4.26. The fraction of sp³-hybridized carbons (Fsp3) is 0.0588. The van der Waals surface area contributed by atoms with Gasteiger partial charge in [0.25, 0.3) is 0 Å². The number of carbonyl (C=O) groups is 1. The quantitative estimate of drug-likeness (QED) is 0.395. The molecule has 2 aromatic rings. The smallest absolute Gasteiger partial charge is 0.330 e. The fourth-order valence-electron chi connectivity index (χ4n) is 1.62. The number of hydrazone groups is 1. The lowest BCUT2D eigenvalue weighted by atomic mass is 10.1. The molecule has 4 nitrogen and oxygen atoms in total. The minimum absolute atomic E-state index is 0.368. The number of ether oxygens (including phenoxy) is 1. The van der Waals surface area contributed by atoms with E-state index in [1.54, 1.807) is 12.3 Å². The Hall–Kier alpha value is -2.88. The van der Waals surface area contributed by atoms with Crippen LogP contribution in [0.25, 0.3) is 6.08 Å². The Kier molecular flexibility index (Phi) is 5.29. The molecule has 0 aliphatic heterocycles. The molecular weight excluding hydrogens is 264 g/mol. The largest absolute Gasteiger partial charge is 0.466 e. The molecule has 0 atom stereocenters. The zero-order chi connectivity index (χ0) is 14.9. The van der Waals surface area contributed by atoms with Gasteiger partial charge in [0.2, 0.25) is 0 Å². The maximum atomic E-state index is 11.0. The van der Waals surface area contributed by atoms with Crippen LogP contribution < -0.4 is 5.43 Å². The van der Waals surface area contributed by atoms with Crippen molar-refractivity contribution in [3.8, 4) is 0 Å². The molecule has 106 valence electrons. The van der Waals surface area contributed by atoms with Crippen LogP contribution in [0.5, 0.6) is 0 Å². The highest BCUT2D eigenvalue weighted by atomic mass is 16.5. The van der Waals surface area contributed by atoms with Crippen molar-refractivity contribution in [3.05, 3.63) is 71.8 Å². The van der Waals surface area contributed by atoms with Crippen LogP contribution in [-0.2, 0) is 9.53 Å². The van der Waals surface area contributed by atoms with Gasteiger partial charge in [-0.1, -0.05) is 42.5 Å².